The second-order valence-electron chi connectivity index (χ2n) is 6.67. The average molecular weight is 355 g/mol. The van der Waals surface area contributed by atoms with E-state index in [0.717, 1.165) is 45.7 Å². The van der Waals surface area contributed by atoms with Gasteiger partial charge in [-0.15, -0.1) is 24.8 Å². The highest BCUT2D eigenvalue weighted by Crippen LogP contribution is 2.20. The second kappa shape index (κ2) is 9.93. The third kappa shape index (κ3) is 5.24. The molecule has 2 fully saturated rings. The van der Waals surface area contributed by atoms with E-state index in [2.05, 4.69) is 33.9 Å². The Hall–Kier alpha value is -0.0700. The summed E-state index contributed by atoms with van der Waals surface area (Å²) in [6.45, 7) is 10.5. The number of hydrogen-bond donors (Lipinski definition) is 1. The SMILES string of the molecule is CC(C)[C@@H](C(=O)N1CCC(N2CCNCC2)C1)N(C)C.Cl.Cl. The second-order valence-corrected chi connectivity index (χ2v) is 6.67. The monoisotopic (exact) mass is 354 g/mol. The fourth-order valence-electron chi connectivity index (χ4n) is 3.58. The van der Waals surface area contributed by atoms with Crippen LogP contribution in [0.3, 0.4) is 0 Å². The first-order valence-electron chi connectivity index (χ1n) is 7.90. The number of likely N-dealkylation sites (tertiary alicyclic amines) is 1. The van der Waals surface area contributed by atoms with Gasteiger partial charge in [-0.1, -0.05) is 13.8 Å². The third-order valence-corrected chi connectivity index (χ3v) is 4.58. The van der Waals surface area contributed by atoms with Crippen LogP contribution in [0.4, 0.5) is 0 Å². The van der Waals surface area contributed by atoms with Crippen LogP contribution in [0.15, 0.2) is 0 Å². The number of likely N-dealkylation sites (N-methyl/N-ethyl adjacent to an activating group) is 1. The smallest absolute Gasteiger partial charge is 0.240 e. The van der Waals surface area contributed by atoms with E-state index in [1.807, 2.05) is 14.1 Å². The zero-order valence-corrected chi connectivity index (χ0v) is 15.9. The minimum atomic E-state index is 0. The van der Waals surface area contributed by atoms with E-state index < -0.39 is 0 Å². The van der Waals surface area contributed by atoms with Crippen LogP contribution in [0, 0.1) is 5.92 Å². The molecule has 5 nitrogen and oxygen atoms in total. The molecule has 2 saturated heterocycles. The third-order valence-electron chi connectivity index (χ3n) is 4.58. The molecule has 2 rings (SSSR count). The van der Waals surface area contributed by atoms with Crippen molar-refractivity contribution < 1.29 is 4.79 Å². The lowest BCUT2D eigenvalue weighted by Crippen LogP contribution is -2.51. The van der Waals surface area contributed by atoms with Crippen molar-refractivity contribution >= 4 is 30.7 Å². The average Bonchev–Trinajstić information content (AvgIpc) is 2.88. The van der Waals surface area contributed by atoms with E-state index in [1.165, 1.54) is 0 Å². The van der Waals surface area contributed by atoms with Crippen molar-refractivity contribution in [2.75, 3.05) is 53.4 Å². The Labute approximate surface area is 147 Å². The van der Waals surface area contributed by atoms with E-state index in [4.69, 9.17) is 0 Å². The minimum absolute atomic E-state index is 0. The number of rotatable bonds is 4. The molecule has 0 saturated carbocycles. The molecular formula is C15H32Cl2N4O. The molecule has 0 aromatic heterocycles. The molecule has 132 valence electrons. The summed E-state index contributed by atoms with van der Waals surface area (Å²) in [5, 5.41) is 3.39. The number of carbonyl (C=O) groups excluding carboxylic acids is 1. The van der Waals surface area contributed by atoms with Crippen molar-refractivity contribution in [2.24, 2.45) is 5.92 Å². The molecule has 0 aromatic carbocycles. The highest BCUT2D eigenvalue weighted by Gasteiger charge is 2.35. The van der Waals surface area contributed by atoms with Crippen molar-refractivity contribution in [3.63, 3.8) is 0 Å². The normalized spacial score (nSPS) is 24.1. The molecule has 0 bridgehead atoms. The number of nitrogens with one attached hydrogen (secondary N) is 1. The van der Waals surface area contributed by atoms with Crippen LogP contribution in [0.25, 0.3) is 0 Å². The van der Waals surface area contributed by atoms with E-state index in [0.29, 0.717) is 17.9 Å². The quantitative estimate of drug-likeness (QED) is 0.814. The zero-order chi connectivity index (χ0) is 14.7. The molecule has 2 heterocycles. The molecular weight excluding hydrogens is 323 g/mol. The summed E-state index contributed by atoms with van der Waals surface area (Å²) in [6, 6.07) is 0.577. The molecule has 0 aromatic rings. The van der Waals surface area contributed by atoms with Gasteiger partial charge >= 0.3 is 0 Å². The van der Waals surface area contributed by atoms with Crippen LogP contribution in [0.5, 0.6) is 0 Å². The Balaban J connectivity index is 0.00000220. The molecule has 2 aliphatic heterocycles. The maximum Gasteiger partial charge on any atom is 0.240 e. The van der Waals surface area contributed by atoms with Gasteiger partial charge in [0.25, 0.3) is 0 Å². The number of nitrogens with zero attached hydrogens (tertiary/aromatic N) is 3. The van der Waals surface area contributed by atoms with Gasteiger partial charge in [0.2, 0.25) is 5.91 Å². The minimum Gasteiger partial charge on any atom is -0.340 e. The summed E-state index contributed by atoms with van der Waals surface area (Å²) < 4.78 is 0. The largest absolute Gasteiger partial charge is 0.340 e. The lowest BCUT2D eigenvalue weighted by Gasteiger charge is -2.34. The predicted molar refractivity (Wildman–Crippen MR) is 96.2 cm³/mol. The molecule has 0 radical (unpaired) electrons. The van der Waals surface area contributed by atoms with Crippen molar-refractivity contribution in [1.29, 1.82) is 0 Å². The lowest BCUT2D eigenvalue weighted by atomic mass is 10.0. The molecule has 2 aliphatic rings. The maximum absolute atomic E-state index is 12.7. The summed E-state index contributed by atoms with van der Waals surface area (Å²) >= 11 is 0. The first-order valence-corrected chi connectivity index (χ1v) is 7.90. The van der Waals surface area contributed by atoms with Crippen molar-refractivity contribution in [2.45, 2.75) is 32.4 Å². The summed E-state index contributed by atoms with van der Waals surface area (Å²) in [5.41, 5.74) is 0. The Bertz CT molecular complexity index is 328. The molecule has 1 N–H and O–H groups in total. The van der Waals surface area contributed by atoms with Gasteiger partial charge in [-0.3, -0.25) is 14.6 Å². The van der Waals surface area contributed by atoms with Crippen LogP contribution in [0.1, 0.15) is 20.3 Å². The van der Waals surface area contributed by atoms with Crippen LogP contribution in [-0.4, -0.2) is 86.1 Å². The number of carbonyl (C=O) groups is 1. The van der Waals surface area contributed by atoms with Gasteiger partial charge in [-0.05, 0) is 26.4 Å². The van der Waals surface area contributed by atoms with E-state index in [9.17, 15) is 4.79 Å². The Morgan fingerprint density at radius 3 is 2.23 bits per heavy atom. The van der Waals surface area contributed by atoms with Gasteiger partial charge in [0.1, 0.15) is 0 Å². The molecule has 22 heavy (non-hydrogen) atoms. The summed E-state index contributed by atoms with van der Waals surface area (Å²) in [4.78, 5) is 19.4. The van der Waals surface area contributed by atoms with Gasteiger partial charge in [0.05, 0.1) is 6.04 Å². The first kappa shape index (κ1) is 21.9. The number of amides is 1. The Kier molecular flexibility index (Phi) is 9.90. The first-order chi connectivity index (χ1) is 9.50. The highest BCUT2D eigenvalue weighted by atomic mass is 35.5. The summed E-state index contributed by atoms with van der Waals surface area (Å²) in [7, 11) is 4.01. The highest BCUT2D eigenvalue weighted by molar-refractivity contribution is 5.85. The van der Waals surface area contributed by atoms with Crippen LogP contribution in [-0.2, 0) is 4.79 Å². The van der Waals surface area contributed by atoms with Crippen LogP contribution >= 0.6 is 24.8 Å². The van der Waals surface area contributed by atoms with Gasteiger partial charge in [0.15, 0.2) is 0 Å². The van der Waals surface area contributed by atoms with Gasteiger partial charge in [-0.2, -0.15) is 0 Å². The van der Waals surface area contributed by atoms with Crippen LogP contribution < -0.4 is 5.32 Å². The lowest BCUT2D eigenvalue weighted by molar-refractivity contribution is -0.136. The summed E-state index contributed by atoms with van der Waals surface area (Å²) in [5.74, 6) is 0.665. The van der Waals surface area contributed by atoms with E-state index >= 15 is 0 Å². The molecule has 0 aliphatic carbocycles. The molecule has 0 spiro atoms. The number of hydrogen-bond acceptors (Lipinski definition) is 4. The fourth-order valence-corrected chi connectivity index (χ4v) is 3.58. The van der Waals surface area contributed by atoms with E-state index in [1.54, 1.807) is 0 Å². The summed E-state index contributed by atoms with van der Waals surface area (Å²) in [6.07, 6.45) is 1.13. The maximum atomic E-state index is 12.7. The van der Waals surface area contributed by atoms with E-state index in [-0.39, 0.29) is 30.9 Å². The standard InChI is InChI=1S/C15H30N4O.2ClH/c1-12(2)14(17(3)4)15(20)19-8-5-13(11-19)18-9-6-16-7-10-18;;/h12-14,16H,5-11H2,1-4H3;2*1H/t13?,14-;;/m0../s1. The van der Waals surface area contributed by atoms with Gasteiger partial charge < -0.3 is 10.2 Å². The van der Waals surface area contributed by atoms with Gasteiger partial charge in [-0.25, -0.2) is 0 Å². The Morgan fingerprint density at radius 1 is 1.14 bits per heavy atom. The molecule has 2 atom stereocenters. The van der Waals surface area contributed by atoms with Crippen LogP contribution in [0.2, 0.25) is 0 Å². The predicted octanol–water partition coefficient (Wildman–Crippen LogP) is 0.922. The molecule has 1 unspecified atom stereocenters. The molecule has 7 heteroatoms. The number of piperazine rings is 1. The number of halogens is 2. The van der Waals surface area contributed by atoms with Crippen molar-refractivity contribution in [1.82, 2.24) is 20.0 Å². The Morgan fingerprint density at radius 2 is 1.73 bits per heavy atom. The van der Waals surface area contributed by atoms with Crippen molar-refractivity contribution in [3.05, 3.63) is 0 Å². The van der Waals surface area contributed by atoms with Crippen molar-refractivity contribution in [3.8, 4) is 0 Å². The van der Waals surface area contributed by atoms with Gasteiger partial charge in [0, 0.05) is 45.3 Å². The molecule has 1 amide bonds. The topological polar surface area (TPSA) is 38.8 Å². The fraction of sp³-hybridized carbons (Fsp3) is 0.933. The zero-order valence-electron chi connectivity index (χ0n) is 14.2.